The van der Waals surface area contributed by atoms with Gasteiger partial charge in [0.05, 0.1) is 6.61 Å². The van der Waals surface area contributed by atoms with E-state index in [9.17, 15) is 4.79 Å². The molecule has 0 atom stereocenters. The highest BCUT2D eigenvalue weighted by molar-refractivity contribution is 6.51. The van der Waals surface area contributed by atoms with E-state index < -0.39 is 0 Å². The third-order valence-corrected chi connectivity index (χ3v) is 3.57. The van der Waals surface area contributed by atoms with Gasteiger partial charge in [-0.25, -0.2) is 0 Å². The van der Waals surface area contributed by atoms with Crippen LogP contribution in [0.15, 0.2) is 53.5 Å². The first kappa shape index (κ1) is 13.6. The number of nitrogens with zero attached hydrogens (tertiary/aromatic N) is 1. The fourth-order valence-corrected chi connectivity index (χ4v) is 2.54. The molecule has 1 heterocycles. The number of carbonyl (C=O) groups is 1. The molecule has 0 saturated heterocycles. The minimum Gasteiger partial charge on any atom is -0.494 e. The van der Waals surface area contributed by atoms with Gasteiger partial charge < -0.3 is 4.74 Å². The average molecular weight is 279 g/mol. The second-order valence-electron chi connectivity index (χ2n) is 4.92. The van der Waals surface area contributed by atoms with E-state index in [0.717, 1.165) is 17.7 Å². The van der Waals surface area contributed by atoms with E-state index in [1.807, 2.05) is 37.3 Å². The van der Waals surface area contributed by atoms with Crippen molar-refractivity contribution in [2.45, 2.75) is 13.3 Å². The molecule has 0 fully saturated rings. The Morgan fingerprint density at radius 3 is 2.67 bits per heavy atom. The predicted molar refractivity (Wildman–Crippen MR) is 83.5 cm³/mol. The van der Waals surface area contributed by atoms with Gasteiger partial charge in [-0.1, -0.05) is 24.3 Å². The number of hydrogen-bond acceptors (Lipinski definition) is 3. The number of carbonyl (C=O) groups excluding carboxylic acids is 1. The Morgan fingerprint density at radius 2 is 1.90 bits per heavy atom. The number of rotatable bonds is 4. The molecule has 3 heteroatoms. The van der Waals surface area contributed by atoms with Crippen LogP contribution in [0.3, 0.4) is 0 Å². The highest BCUT2D eigenvalue weighted by Gasteiger charge is 2.21. The van der Waals surface area contributed by atoms with E-state index in [0.29, 0.717) is 24.4 Å². The quantitative estimate of drug-likeness (QED) is 0.805. The standard InChI is InChI=1S/C18H17NO2/c1-2-21-15-9-7-14(8-10-15)18(20)17-16-6-4-3-5-13(16)11-12-19-17/h3-10H,2,11-12H2,1H3. The van der Waals surface area contributed by atoms with Crippen LogP contribution in [-0.2, 0) is 6.42 Å². The van der Waals surface area contributed by atoms with Crippen molar-refractivity contribution in [1.82, 2.24) is 0 Å². The molecule has 0 spiro atoms. The minimum absolute atomic E-state index is 0.0230. The molecule has 106 valence electrons. The summed E-state index contributed by atoms with van der Waals surface area (Å²) in [5.41, 5.74) is 3.37. The van der Waals surface area contributed by atoms with Crippen molar-refractivity contribution in [2.75, 3.05) is 13.2 Å². The van der Waals surface area contributed by atoms with Crippen LogP contribution in [0.5, 0.6) is 5.75 Å². The van der Waals surface area contributed by atoms with Gasteiger partial charge in [-0.2, -0.15) is 0 Å². The van der Waals surface area contributed by atoms with Crippen molar-refractivity contribution in [2.24, 2.45) is 4.99 Å². The molecule has 3 rings (SSSR count). The zero-order valence-corrected chi connectivity index (χ0v) is 12.0. The number of ketones is 1. The number of fused-ring (bicyclic) bond motifs is 1. The lowest BCUT2D eigenvalue weighted by atomic mass is 9.93. The summed E-state index contributed by atoms with van der Waals surface area (Å²) < 4.78 is 5.40. The summed E-state index contributed by atoms with van der Waals surface area (Å²) in [6.45, 7) is 3.23. The highest BCUT2D eigenvalue weighted by atomic mass is 16.5. The Hall–Kier alpha value is -2.42. The second kappa shape index (κ2) is 5.92. The van der Waals surface area contributed by atoms with E-state index in [1.54, 1.807) is 12.1 Å². The first-order valence-corrected chi connectivity index (χ1v) is 7.20. The summed E-state index contributed by atoms with van der Waals surface area (Å²) in [5.74, 6) is 0.755. The van der Waals surface area contributed by atoms with Gasteiger partial charge in [0.25, 0.3) is 0 Å². The zero-order chi connectivity index (χ0) is 14.7. The van der Waals surface area contributed by atoms with Crippen LogP contribution in [0.4, 0.5) is 0 Å². The number of benzene rings is 2. The summed E-state index contributed by atoms with van der Waals surface area (Å²) in [4.78, 5) is 17.1. The Kier molecular flexibility index (Phi) is 3.82. The van der Waals surface area contributed by atoms with Gasteiger partial charge >= 0.3 is 0 Å². The Morgan fingerprint density at radius 1 is 1.14 bits per heavy atom. The smallest absolute Gasteiger partial charge is 0.211 e. The van der Waals surface area contributed by atoms with E-state index >= 15 is 0 Å². The molecule has 0 unspecified atom stereocenters. The number of hydrogen-bond donors (Lipinski definition) is 0. The third kappa shape index (κ3) is 2.72. The van der Waals surface area contributed by atoms with Gasteiger partial charge in [-0.05, 0) is 43.2 Å². The molecule has 0 N–H and O–H groups in total. The maximum Gasteiger partial charge on any atom is 0.211 e. The lowest BCUT2D eigenvalue weighted by Crippen LogP contribution is -2.22. The molecule has 2 aromatic rings. The fourth-order valence-electron chi connectivity index (χ4n) is 2.54. The molecule has 0 aliphatic carbocycles. The maximum absolute atomic E-state index is 12.7. The van der Waals surface area contributed by atoms with Gasteiger partial charge in [0.15, 0.2) is 0 Å². The van der Waals surface area contributed by atoms with Crippen LogP contribution >= 0.6 is 0 Å². The normalized spacial score (nSPS) is 13.3. The first-order chi connectivity index (χ1) is 10.3. The van der Waals surface area contributed by atoms with Crippen LogP contribution in [0.25, 0.3) is 0 Å². The molecular formula is C18H17NO2. The summed E-state index contributed by atoms with van der Waals surface area (Å²) in [6.07, 6.45) is 0.899. The first-order valence-electron chi connectivity index (χ1n) is 7.20. The Bertz CT molecular complexity index is 687. The number of aliphatic imine (C=N–C) groups is 1. The molecule has 0 saturated carbocycles. The van der Waals surface area contributed by atoms with Crippen molar-refractivity contribution in [3.8, 4) is 5.75 Å². The molecule has 21 heavy (non-hydrogen) atoms. The van der Waals surface area contributed by atoms with E-state index in [4.69, 9.17) is 4.74 Å². The molecule has 1 aliphatic heterocycles. The van der Waals surface area contributed by atoms with E-state index in [2.05, 4.69) is 11.1 Å². The maximum atomic E-state index is 12.7. The lowest BCUT2D eigenvalue weighted by Gasteiger charge is -2.16. The van der Waals surface area contributed by atoms with Gasteiger partial charge in [-0.3, -0.25) is 9.79 Å². The Balaban J connectivity index is 1.90. The SMILES string of the molecule is CCOc1ccc(C(=O)C2=NCCc3ccccc32)cc1. The zero-order valence-electron chi connectivity index (χ0n) is 12.0. The topological polar surface area (TPSA) is 38.7 Å². The van der Waals surface area contributed by atoms with E-state index in [1.165, 1.54) is 5.56 Å². The largest absolute Gasteiger partial charge is 0.494 e. The molecule has 3 nitrogen and oxygen atoms in total. The van der Waals surface area contributed by atoms with Gasteiger partial charge in [0.2, 0.25) is 5.78 Å². The number of ether oxygens (including phenoxy) is 1. The molecule has 0 aromatic heterocycles. The number of Topliss-reactive ketones (excluding diaryl/α,β-unsaturated/α-hetero) is 1. The average Bonchev–Trinajstić information content (AvgIpc) is 2.55. The van der Waals surface area contributed by atoms with Gasteiger partial charge in [0, 0.05) is 17.7 Å². The summed E-state index contributed by atoms with van der Waals surface area (Å²) in [6, 6.07) is 15.2. The molecule has 1 aliphatic rings. The monoisotopic (exact) mass is 279 g/mol. The molecule has 0 amide bonds. The molecule has 2 aromatic carbocycles. The van der Waals surface area contributed by atoms with Crippen LogP contribution < -0.4 is 4.74 Å². The van der Waals surface area contributed by atoms with Crippen molar-refractivity contribution >= 4 is 11.5 Å². The predicted octanol–water partition coefficient (Wildman–Crippen LogP) is 3.31. The van der Waals surface area contributed by atoms with Crippen LogP contribution in [-0.4, -0.2) is 24.6 Å². The van der Waals surface area contributed by atoms with E-state index in [-0.39, 0.29) is 5.78 Å². The van der Waals surface area contributed by atoms with Crippen molar-refractivity contribution in [1.29, 1.82) is 0 Å². The summed E-state index contributed by atoms with van der Waals surface area (Å²) >= 11 is 0. The fraction of sp³-hybridized carbons (Fsp3) is 0.222. The van der Waals surface area contributed by atoms with Crippen LogP contribution in [0.1, 0.15) is 28.4 Å². The molecular weight excluding hydrogens is 262 g/mol. The van der Waals surface area contributed by atoms with Crippen molar-refractivity contribution in [3.05, 3.63) is 65.2 Å². The second-order valence-corrected chi connectivity index (χ2v) is 4.92. The minimum atomic E-state index is -0.0230. The third-order valence-electron chi connectivity index (χ3n) is 3.57. The van der Waals surface area contributed by atoms with Gasteiger partial charge in [0.1, 0.15) is 11.5 Å². The highest BCUT2D eigenvalue weighted by Crippen LogP contribution is 2.20. The molecule has 0 bridgehead atoms. The van der Waals surface area contributed by atoms with Crippen molar-refractivity contribution < 1.29 is 9.53 Å². The Labute approximate surface area is 124 Å². The lowest BCUT2D eigenvalue weighted by molar-refractivity contribution is 0.106. The summed E-state index contributed by atoms with van der Waals surface area (Å²) in [7, 11) is 0. The van der Waals surface area contributed by atoms with Crippen LogP contribution in [0, 0.1) is 0 Å². The summed E-state index contributed by atoms with van der Waals surface area (Å²) in [5, 5.41) is 0. The van der Waals surface area contributed by atoms with Gasteiger partial charge in [-0.15, -0.1) is 0 Å². The van der Waals surface area contributed by atoms with Crippen molar-refractivity contribution in [3.63, 3.8) is 0 Å². The molecule has 0 radical (unpaired) electrons. The van der Waals surface area contributed by atoms with Crippen LogP contribution in [0.2, 0.25) is 0 Å².